The molecule has 3 N–H and O–H groups in total. The molecule has 0 aromatic heterocycles. The first-order valence-corrected chi connectivity index (χ1v) is 18.9. The van der Waals surface area contributed by atoms with Crippen molar-refractivity contribution < 1.29 is 106 Å². The average molecular weight is 831 g/mol. The van der Waals surface area contributed by atoms with Crippen molar-refractivity contribution >= 4 is 35.8 Å². The summed E-state index contributed by atoms with van der Waals surface area (Å²) in [7, 11) is 0. The number of ether oxygens (including phenoxy) is 13. The van der Waals surface area contributed by atoms with Gasteiger partial charge in [-0.2, -0.15) is 0 Å². The molecule has 5 bridgehead atoms. The molecule has 0 aromatic carbocycles. The molecule has 58 heavy (non-hydrogen) atoms. The van der Waals surface area contributed by atoms with E-state index in [9.17, 15) is 44.1 Å². The van der Waals surface area contributed by atoms with Gasteiger partial charge in [0.25, 0.3) is 5.79 Å². The molecule has 2 saturated carbocycles. The van der Waals surface area contributed by atoms with E-state index in [2.05, 4.69) is 0 Å². The van der Waals surface area contributed by atoms with Gasteiger partial charge in [0.2, 0.25) is 5.79 Å². The molecule has 7 heterocycles. The second-order valence-corrected chi connectivity index (χ2v) is 15.9. The van der Waals surface area contributed by atoms with Crippen molar-refractivity contribution in [3.05, 3.63) is 0 Å². The quantitative estimate of drug-likeness (QED) is 0.134. The molecular weight excluding hydrogens is 784 g/mol. The van der Waals surface area contributed by atoms with Crippen molar-refractivity contribution in [3.8, 4) is 0 Å². The number of carbonyl (C=O) groups is 6. The van der Waals surface area contributed by atoms with E-state index in [-0.39, 0.29) is 13.0 Å². The molecule has 7 aliphatic heterocycles. The van der Waals surface area contributed by atoms with Crippen LogP contribution in [0.4, 0.5) is 0 Å². The largest absolute Gasteiger partial charge is 0.463 e. The van der Waals surface area contributed by atoms with E-state index in [1.54, 1.807) is 6.92 Å². The number of hydrogen-bond donors (Lipinski definition) is 3. The summed E-state index contributed by atoms with van der Waals surface area (Å²) < 4.78 is 77.3. The molecule has 9 fully saturated rings. The Morgan fingerprint density at radius 2 is 1.07 bits per heavy atom. The molecule has 3 spiro atoms. The van der Waals surface area contributed by atoms with Crippen molar-refractivity contribution in [2.45, 2.75) is 163 Å². The summed E-state index contributed by atoms with van der Waals surface area (Å²) in [6.45, 7) is 7.03. The standard InChI is InChI=1S/C36H46O22/c1-13(37)46-10-22-27(49-15(3)39)29(51-17(5)41)25(43)20(53-22)8-31-33(45)24-12-48-32(36(57-24)35(31,34(31,33)58-32)55-19(7)56-36)9-21-26(44)30(52-18(6)42)28(50-16(4)40)23(54-21)11-47-14(2)38/h19-30,43-45H,8-12H2,1-7H3. The van der Waals surface area contributed by atoms with Gasteiger partial charge in [-0.1, -0.05) is 0 Å². The van der Waals surface area contributed by atoms with Gasteiger partial charge in [-0.05, 0) is 13.3 Å². The fourth-order valence-corrected chi connectivity index (χ4v) is 11.0. The Morgan fingerprint density at radius 1 is 0.603 bits per heavy atom. The molecule has 7 saturated heterocycles. The van der Waals surface area contributed by atoms with Gasteiger partial charge in [0.05, 0.1) is 24.2 Å². The van der Waals surface area contributed by atoms with Crippen LogP contribution in [0.3, 0.4) is 0 Å². The summed E-state index contributed by atoms with van der Waals surface area (Å²) >= 11 is 0. The topological polar surface area (TPSA) is 283 Å². The lowest BCUT2D eigenvalue weighted by molar-refractivity contribution is -0.454. The van der Waals surface area contributed by atoms with Crippen LogP contribution >= 0.6 is 0 Å². The third-order valence-corrected chi connectivity index (χ3v) is 12.6. The van der Waals surface area contributed by atoms with Crippen LogP contribution in [0.15, 0.2) is 0 Å². The van der Waals surface area contributed by atoms with Crippen LogP contribution in [0, 0.1) is 5.41 Å². The van der Waals surface area contributed by atoms with E-state index in [0.29, 0.717) is 0 Å². The van der Waals surface area contributed by atoms with Gasteiger partial charge in [0, 0.05) is 48.0 Å². The lowest BCUT2D eigenvalue weighted by atomic mass is 9.70. The van der Waals surface area contributed by atoms with E-state index in [1.807, 2.05) is 0 Å². The van der Waals surface area contributed by atoms with Crippen LogP contribution in [0.2, 0.25) is 0 Å². The molecule has 9 rings (SSSR count). The van der Waals surface area contributed by atoms with Crippen LogP contribution < -0.4 is 0 Å². The van der Waals surface area contributed by atoms with Crippen molar-refractivity contribution in [1.82, 2.24) is 0 Å². The minimum atomic E-state index is -2.00. The van der Waals surface area contributed by atoms with Gasteiger partial charge in [-0.25, -0.2) is 0 Å². The maximum absolute atomic E-state index is 12.6. The summed E-state index contributed by atoms with van der Waals surface area (Å²) in [6.07, 6.45) is -17.2. The monoisotopic (exact) mass is 830 g/mol. The molecule has 18 atom stereocenters. The molecule has 22 heteroatoms. The van der Waals surface area contributed by atoms with Gasteiger partial charge in [0.1, 0.15) is 49.3 Å². The second kappa shape index (κ2) is 13.5. The Morgan fingerprint density at radius 3 is 1.53 bits per heavy atom. The van der Waals surface area contributed by atoms with Crippen molar-refractivity contribution in [2.75, 3.05) is 19.8 Å². The maximum atomic E-state index is 12.6. The van der Waals surface area contributed by atoms with Crippen LogP contribution in [-0.2, 0) is 90.3 Å². The van der Waals surface area contributed by atoms with Gasteiger partial charge in [-0.15, -0.1) is 0 Å². The average Bonchev–Trinajstić information content (AvgIpc) is 3.71. The molecule has 22 nitrogen and oxygen atoms in total. The Bertz CT molecular complexity index is 1710. The Balaban J connectivity index is 1.13. The van der Waals surface area contributed by atoms with Crippen molar-refractivity contribution in [2.24, 2.45) is 5.41 Å². The molecule has 0 radical (unpaired) electrons. The van der Waals surface area contributed by atoms with Crippen molar-refractivity contribution in [3.63, 3.8) is 0 Å². The highest BCUT2D eigenvalue weighted by Crippen LogP contribution is 3.06. The van der Waals surface area contributed by atoms with Crippen molar-refractivity contribution in [1.29, 1.82) is 0 Å². The molecule has 2 aliphatic carbocycles. The van der Waals surface area contributed by atoms with E-state index in [1.165, 1.54) is 0 Å². The summed E-state index contributed by atoms with van der Waals surface area (Å²) in [5, 5.41) is 36.1. The third-order valence-electron chi connectivity index (χ3n) is 12.6. The van der Waals surface area contributed by atoms with Crippen LogP contribution in [0.5, 0.6) is 0 Å². The zero-order valence-electron chi connectivity index (χ0n) is 32.6. The first-order valence-electron chi connectivity index (χ1n) is 18.9. The van der Waals surface area contributed by atoms with E-state index in [4.69, 9.17) is 61.6 Å². The van der Waals surface area contributed by atoms with Crippen LogP contribution in [-0.4, -0.2) is 173 Å². The number of carbonyl (C=O) groups excluding carboxylic acids is 6. The number of hydrogen-bond acceptors (Lipinski definition) is 22. The zero-order chi connectivity index (χ0) is 42.1. The minimum absolute atomic E-state index is 0.245. The fraction of sp³-hybridized carbons (Fsp3) is 0.833. The van der Waals surface area contributed by atoms with Crippen LogP contribution in [0.1, 0.15) is 61.3 Å². The van der Waals surface area contributed by atoms with E-state index in [0.717, 1.165) is 41.5 Å². The lowest BCUT2D eigenvalue weighted by Gasteiger charge is -2.57. The predicted octanol–water partition coefficient (Wildman–Crippen LogP) is -2.66. The predicted molar refractivity (Wildman–Crippen MR) is 176 cm³/mol. The molecular formula is C36H46O22. The van der Waals surface area contributed by atoms with Gasteiger partial charge in [-0.3, -0.25) is 28.8 Å². The fourth-order valence-electron chi connectivity index (χ4n) is 11.0. The van der Waals surface area contributed by atoms with Crippen LogP contribution in [0.25, 0.3) is 0 Å². The Labute approximate surface area is 329 Å². The number of esters is 6. The molecule has 18 unspecified atom stereocenters. The Hall–Kier alpha value is -3.58. The number of rotatable bonds is 12. The number of aliphatic hydroxyl groups excluding tert-OH is 2. The van der Waals surface area contributed by atoms with E-state index < -0.39 is 163 Å². The van der Waals surface area contributed by atoms with Gasteiger partial charge < -0.3 is 76.9 Å². The molecule has 0 aromatic rings. The lowest BCUT2D eigenvalue weighted by Crippen LogP contribution is -2.78. The minimum Gasteiger partial charge on any atom is -0.463 e. The summed E-state index contributed by atoms with van der Waals surface area (Å²) in [5.74, 6) is -8.61. The van der Waals surface area contributed by atoms with E-state index >= 15 is 0 Å². The summed E-state index contributed by atoms with van der Waals surface area (Å²) in [6, 6.07) is 0. The smallest absolute Gasteiger partial charge is 0.303 e. The zero-order valence-corrected chi connectivity index (χ0v) is 32.6. The SMILES string of the molecule is CC(=O)OCC1OC(CC23OCC4OC25OC(C)OC52C5(CC6OC(COC(C)=O)C(OC(C)=O)C(OC(C)=O)C6O)C4(O)C52O3)C(O)C(OC(C)=O)C1OC(C)=O. The molecule has 0 amide bonds. The second-order valence-electron chi connectivity index (χ2n) is 15.9. The summed E-state index contributed by atoms with van der Waals surface area (Å²) in [4.78, 5) is 72.5. The normalized spacial score (nSPS) is 49.8. The molecule has 322 valence electrons. The first kappa shape index (κ1) is 41.2. The van der Waals surface area contributed by atoms with Gasteiger partial charge in [0.15, 0.2) is 41.9 Å². The number of aliphatic hydroxyl groups is 3. The third kappa shape index (κ3) is 5.13. The summed E-state index contributed by atoms with van der Waals surface area (Å²) in [5.41, 5.74) is -6.60. The highest BCUT2D eigenvalue weighted by molar-refractivity contribution is 5.73. The highest BCUT2D eigenvalue weighted by atomic mass is 16.9. The molecule has 9 aliphatic rings. The first-order chi connectivity index (χ1) is 27.2. The maximum Gasteiger partial charge on any atom is 0.303 e. The highest BCUT2D eigenvalue weighted by Gasteiger charge is 3.29. The van der Waals surface area contributed by atoms with Gasteiger partial charge >= 0.3 is 35.8 Å². The Kier molecular flexibility index (Phi) is 9.56.